The molecule has 0 atom stereocenters. The molecule has 0 saturated carbocycles. The van der Waals surface area contributed by atoms with Crippen LogP contribution in [0.3, 0.4) is 0 Å². The number of nitrogens with one attached hydrogen (secondary N) is 1. The van der Waals surface area contributed by atoms with Crippen LogP contribution < -0.4 is 20.9 Å². The fraction of sp³-hybridized carbons (Fsp3) is 0.412. The molecule has 0 spiro atoms. The van der Waals surface area contributed by atoms with Gasteiger partial charge in [-0.2, -0.15) is 0 Å². The lowest BCUT2D eigenvalue weighted by Gasteiger charge is -2.35. The molecule has 7 nitrogen and oxygen atoms in total. The summed E-state index contributed by atoms with van der Waals surface area (Å²) in [5, 5.41) is 0. The van der Waals surface area contributed by atoms with Crippen LogP contribution in [0.5, 0.6) is 5.75 Å². The second-order valence-corrected chi connectivity index (χ2v) is 5.97. The maximum absolute atomic E-state index is 11.8. The van der Waals surface area contributed by atoms with Crippen LogP contribution in [-0.4, -0.2) is 47.7 Å². The summed E-state index contributed by atoms with van der Waals surface area (Å²) in [6, 6.07) is 9.56. The number of nitrogens with zero attached hydrogens (tertiary/aromatic N) is 3. The summed E-state index contributed by atoms with van der Waals surface area (Å²) in [6.07, 6.45) is 0. The van der Waals surface area contributed by atoms with Gasteiger partial charge in [-0.3, -0.25) is 19.2 Å². The molecule has 2 heterocycles. The molecule has 0 radical (unpaired) electrons. The summed E-state index contributed by atoms with van der Waals surface area (Å²) in [4.78, 5) is 30.7. The number of anilines is 1. The van der Waals surface area contributed by atoms with Gasteiger partial charge in [-0.05, 0) is 17.7 Å². The normalized spacial score (nSPS) is 15.5. The smallest absolute Gasteiger partial charge is 0.329 e. The predicted octanol–water partition coefficient (Wildman–Crippen LogP) is 0.404. The number of hydrogen-bond acceptors (Lipinski definition) is 5. The van der Waals surface area contributed by atoms with Crippen molar-refractivity contribution in [1.82, 2.24) is 14.5 Å². The molecule has 0 aliphatic carbocycles. The molecule has 1 fully saturated rings. The summed E-state index contributed by atoms with van der Waals surface area (Å²) < 4.78 is 6.33. The molecule has 0 bridgehead atoms. The van der Waals surface area contributed by atoms with E-state index in [1.54, 1.807) is 7.11 Å². The third-order valence-corrected chi connectivity index (χ3v) is 4.38. The first-order valence-electron chi connectivity index (χ1n) is 7.97. The van der Waals surface area contributed by atoms with Gasteiger partial charge in [-0.25, -0.2) is 4.79 Å². The number of benzene rings is 1. The van der Waals surface area contributed by atoms with E-state index in [0.717, 1.165) is 43.0 Å². The van der Waals surface area contributed by atoms with Crippen molar-refractivity contribution >= 4 is 5.82 Å². The molecule has 0 amide bonds. The van der Waals surface area contributed by atoms with Crippen molar-refractivity contribution in [1.29, 1.82) is 0 Å². The Morgan fingerprint density at radius 2 is 1.88 bits per heavy atom. The summed E-state index contributed by atoms with van der Waals surface area (Å²) >= 11 is 0. The molecule has 1 saturated heterocycles. The number of rotatable bonds is 4. The topological polar surface area (TPSA) is 70.6 Å². The van der Waals surface area contributed by atoms with Gasteiger partial charge in [0, 0.05) is 45.8 Å². The van der Waals surface area contributed by atoms with Crippen LogP contribution >= 0.6 is 0 Å². The molecule has 24 heavy (non-hydrogen) atoms. The SMILES string of the molecule is COc1cccc(CN2CCN(c3cc(=O)n(C)c(=O)[nH]3)CC2)c1. The molecule has 128 valence electrons. The average molecular weight is 330 g/mol. The third kappa shape index (κ3) is 3.51. The minimum atomic E-state index is -0.378. The van der Waals surface area contributed by atoms with Gasteiger partial charge in [-0.15, -0.1) is 0 Å². The van der Waals surface area contributed by atoms with Crippen LogP contribution in [0, 0.1) is 0 Å². The number of methoxy groups -OCH3 is 1. The quantitative estimate of drug-likeness (QED) is 0.879. The number of aromatic amines is 1. The highest BCUT2D eigenvalue weighted by molar-refractivity contribution is 5.37. The van der Waals surface area contributed by atoms with Crippen molar-refractivity contribution in [3.05, 3.63) is 56.7 Å². The Kier molecular flexibility index (Phi) is 4.71. The van der Waals surface area contributed by atoms with E-state index >= 15 is 0 Å². The van der Waals surface area contributed by atoms with Gasteiger partial charge in [0.1, 0.15) is 11.6 Å². The van der Waals surface area contributed by atoms with Gasteiger partial charge in [0.15, 0.2) is 0 Å². The Bertz CT molecular complexity index is 788. The zero-order valence-corrected chi connectivity index (χ0v) is 14.0. The van der Waals surface area contributed by atoms with Crippen molar-refractivity contribution < 1.29 is 4.74 Å². The molecule has 0 unspecified atom stereocenters. The fourth-order valence-corrected chi connectivity index (χ4v) is 2.89. The lowest BCUT2D eigenvalue weighted by Crippen LogP contribution is -2.47. The first kappa shape index (κ1) is 16.3. The summed E-state index contributed by atoms with van der Waals surface area (Å²) in [7, 11) is 3.14. The first-order chi connectivity index (χ1) is 11.6. The maximum atomic E-state index is 11.8. The van der Waals surface area contributed by atoms with E-state index in [0.29, 0.717) is 5.82 Å². The largest absolute Gasteiger partial charge is 0.497 e. The standard InChI is InChI=1S/C17H22N4O3/c1-19-16(22)11-15(18-17(19)23)21-8-6-20(7-9-21)12-13-4-3-5-14(10-13)24-2/h3-5,10-11H,6-9,12H2,1-2H3,(H,18,23). The van der Waals surface area contributed by atoms with Gasteiger partial charge in [0.2, 0.25) is 0 Å². The van der Waals surface area contributed by atoms with Gasteiger partial charge in [0.05, 0.1) is 7.11 Å². The Morgan fingerprint density at radius 1 is 1.12 bits per heavy atom. The van der Waals surface area contributed by atoms with Gasteiger partial charge in [0.25, 0.3) is 5.56 Å². The van der Waals surface area contributed by atoms with E-state index in [4.69, 9.17) is 4.74 Å². The molecule has 1 aromatic carbocycles. The van der Waals surface area contributed by atoms with E-state index in [1.165, 1.54) is 18.7 Å². The summed E-state index contributed by atoms with van der Waals surface area (Å²) in [5.74, 6) is 1.47. The molecule has 7 heteroatoms. The van der Waals surface area contributed by atoms with Crippen LogP contribution in [0.4, 0.5) is 5.82 Å². The molecule has 3 rings (SSSR count). The highest BCUT2D eigenvalue weighted by Gasteiger charge is 2.18. The number of aromatic nitrogens is 2. The van der Waals surface area contributed by atoms with Crippen LogP contribution in [-0.2, 0) is 13.6 Å². The summed E-state index contributed by atoms with van der Waals surface area (Å²) in [5.41, 5.74) is 0.550. The number of hydrogen-bond donors (Lipinski definition) is 1. The van der Waals surface area contributed by atoms with Crippen molar-refractivity contribution in [2.24, 2.45) is 7.05 Å². The van der Waals surface area contributed by atoms with Gasteiger partial charge in [-0.1, -0.05) is 12.1 Å². The van der Waals surface area contributed by atoms with Crippen LogP contribution in [0.15, 0.2) is 39.9 Å². The second-order valence-electron chi connectivity index (χ2n) is 5.97. The van der Waals surface area contributed by atoms with E-state index in [9.17, 15) is 9.59 Å². The first-order valence-corrected chi connectivity index (χ1v) is 7.97. The Hall–Kier alpha value is -2.54. The molecular weight excluding hydrogens is 308 g/mol. The Balaban J connectivity index is 1.63. The second kappa shape index (κ2) is 6.92. The van der Waals surface area contributed by atoms with E-state index in [-0.39, 0.29) is 11.2 Å². The van der Waals surface area contributed by atoms with E-state index in [2.05, 4.69) is 16.0 Å². The highest BCUT2D eigenvalue weighted by Crippen LogP contribution is 2.16. The van der Waals surface area contributed by atoms with Crippen molar-refractivity contribution in [3.63, 3.8) is 0 Å². The Labute approximate surface area is 140 Å². The van der Waals surface area contributed by atoms with Gasteiger partial charge < -0.3 is 9.64 Å². The fourth-order valence-electron chi connectivity index (χ4n) is 2.89. The average Bonchev–Trinajstić information content (AvgIpc) is 2.60. The molecule has 1 N–H and O–H groups in total. The third-order valence-electron chi connectivity index (χ3n) is 4.38. The number of piperazine rings is 1. The molecule has 1 aliphatic heterocycles. The number of ether oxygens (including phenoxy) is 1. The van der Waals surface area contributed by atoms with E-state index in [1.807, 2.05) is 23.1 Å². The van der Waals surface area contributed by atoms with Crippen LogP contribution in [0.2, 0.25) is 0 Å². The zero-order chi connectivity index (χ0) is 17.1. The van der Waals surface area contributed by atoms with E-state index < -0.39 is 0 Å². The molecule has 1 aromatic heterocycles. The van der Waals surface area contributed by atoms with Crippen LogP contribution in [0.1, 0.15) is 5.56 Å². The maximum Gasteiger partial charge on any atom is 0.329 e. The van der Waals surface area contributed by atoms with Crippen molar-refractivity contribution in [2.45, 2.75) is 6.54 Å². The molecule has 1 aliphatic rings. The Morgan fingerprint density at radius 3 is 2.54 bits per heavy atom. The predicted molar refractivity (Wildman–Crippen MR) is 92.8 cm³/mol. The van der Waals surface area contributed by atoms with Crippen molar-refractivity contribution in [2.75, 3.05) is 38.2 Å². The minimum absolute atomic E-state index is 0.285. The molecule has 2 aromatic rings. The molecular formula is C17H22N4O3. The summed E-state index contributed by atoms with van der Waals surface area (Å²) in [6.45, 7) is 4.14. The number of H-pyrrole nitrogens is 1. The minimum Gasteiger partial charge on any atom is -0.497 e. The monoisotopic (exact) mass is 330 g/mol. The highest BCUT2D eigenvalue weighted by atomic mass is 16.5. The van der Waals surface area contributed by atoms with Crippen molar-refractivity contribution in [3.8, 4) is 5.75 Å². The lowest BCUT2D eigenvalue weighted by molar-refractivity contribution is 0.249. The lowest BCUT2D eigenvalue weighted by atomic mass is 10.2. The van der Waals surface area contributed by atoms with Gasteiger partial charge >= 0.3 is 5.69 Å². The van der Waals surface area contributed by atoms with Crippen LogP contribution in [0.25, 0.3) is 0 Å². The zero-order valence-electron chi connectivity index (χ0n) is 14.0.